The highest BCUT2D eigenvalue weighted by atomic mass is 127. The van der Waals surface area contributed by atoms with Crippen LogP contribution in [0.3, 0.4) is 0 Å². The number of rotatable bonds is 0. The highest BCUT2D eigenvalue weighted by Gasteiger charge is 2.09. The van der Waals surface area contributed by atoms with E-state index in [1.54, 1.807) is 6.20 Å². The first-order valence-corrected chi connectivity index (χ1v) is 4.38. The lowest BCUT2D eigenvalue weighted by Crippen LogP contribution is -1.81. The van der Waals surface area contributed by atoms with Crippen LogP contribution in [-0.2, 0) is 0 Å². The molecule has 0 spiro atoms. The quantitative estimate of drug-likeness (QED) is 0.713. The van der Waals surface area contributed by atoms with Gasteiger partial charge in [0, 0.05) is 9.77 Å². The van der Waals surface area contributed by atoms with E-state index in [1.807, 2.05) is 22.6 Å². The van der Waals surface area contributed by atoms with Crippen LogP contribution in [0.25, 0.3) is 10.9 Å². The van der Waals surface area contributed by atoms with E-state index in [1.165, 1.54) is 0 Å². The summed E-state index contributed by atoms with van der Waals surface area (Å²) in [6.07, 6.45) is 1.58. The maximum atomic E-state index is 13.1. The molecule has 0 aliphatic heterocycles. The number of aromatic amines is 1. The molecule has 0 radical (unpaired) electrons. The normalized spacial score (nSPS) is 10.9. The molecule has 0 amide bonds. The smallest absolute Gasteiger partial charge is 0.147 e. The van der Waals surface area contributed by atoms with Crippen molar-refractivity contribution in [2.75, 3.05) is 0 Å². The fraction of sp³-hybridized carbons (Fsp3) is 0. The summed E-state index contributed by atoms with van der Waals surface area (Å²) in [6, 6.07) is 2.25. The SMILES string of the molecule is Fc1ccc(F)c2c(I)c[nH]c12. The third-order valence-corrected chi connectivity index (χ3v) is 2.54. The van der Waals surface area contributed by atoms with Crippen molar-refractivity contribution >= 4 is 33.5 Å². The summed E-state index contributed by atoms with van der Waals surface area (Å²) in [4.78, 5) is 2.67. The van der Waals surface area contributed by atoms with E-state index in [0.717, 1.165) is 12.1 Å². The van der Waals surface area contributed by atoms with Crippen molar-refractivity contribution in [1.82, 2.24) is 4.98 Å². The summed E-state index contributed by atoms with van der Waals surface area (Å²) in [5.41, 5.74) is 0.236. The third-order valence-electron chi connectivity index (χ3n) is 1.69. The molecule has 1 heterocycles. The van der Waals surface area contributed by atoms with Crippen molar-refractivity contribution in [2.45, 2.75) is 0 Å². The highest BCUT2D eigenvalue weighted by Crippen LogP contribution is 2.24. The molecule has 2 aromatic rings. The van der Waals surface area contributed by atoms with E-state index in [4.69, 9.17) is 0 Å². The van der Waals surface area contributed by atoms with E-state index in [-0.39, 0.29) is 5.52 Å². The van der Waals surface area contributed by atoms with Crippen molar-refractivity contribution in [3.05, 3.63) is 33.5 Å². The molecule has 0 saturated carbocycles. The van der Waals surface area contributed by atoms with Gasteiger partial charge in [-0.15, -0.1) is 0 Å². The maximum Gasteiger partial charge on any atom is 0.147 e. The lowest BCUT2D eigenvalue weighted by molar-refractivity contribution is 0.616. The van der Waals surface area contributed by atoms with Crippen LogP contribution in [0.1, 0.15) is 0 Å². The van der Waals surface area contributed by atoms with Crippen molar-refractivity contribution in [3.8, 4) is 0 Å². The molecule has 0 unspecified atom stereocenters. The van der Waals surface area contributed by atoms with E-state index < -0.39 is 11.6 Å². The number of benzene rings is 1. The van der Waals surface area contributed by atoms with Crippen LogP contribution < -0.4 is 0 Å². The van der Waals surface area contributed by atoms with Gasteiger partial charge in [0.15, 0.2) is 0 Å². The molecular weight excluding hydrogens is 275 g/mol. The van der Waals surface area contributed by atoms with Crippen LogP contribution in [0.15, 0.2) is 18.3 Å². The Labute approximate surface area is 80.9 Å². The Morgan fingerprint density at radius 3 is 2.50 bits per heavy atom. The molecule has 62 valence electrons. The summed E-state index contributed by atoms with van der Waals surface area (Å²) in [5.74, 6) is -0.814. The molecule has 0 bridgehead atoms. The van der Waals surface area contributed by atoms with Crippen LogP contribution in [-0.4, -0.2) is 4.98 Å². The first-order valence-electron chi connectivity index (χ1n) is 3.30. The van der Waals surface area contributed by atoms with Gasteiger partial charge in [-0.05, 0) is 34.7 Å². The zero-order valence-electron chi connectivity index (χ0n) is 5.87. The average molecular weight is 279 g/mol. The van der Waals surface area contributed by atoms with Crippen molar-refractivity contribution in [1.29, 1.82) is 0 Å². The number of fused-ring (bicyclic) bond motifs is 1. The van der Waals surface area contributed by atoms with Gasteiger partial charge in [-0.25, -0.2) is 8.78 Å². The highest BCUT2D eigenvalue weighted by molar-refractivity contribution is 14.1. The van der Waals surface area contributed by atoms with Crippen LogP contribution in [0.2, 0.25) is 0 Å². The number of nitrogens with one attached hydrogen (secondary N) is 1. The number of hydrogen-bond acceptors (Lipinski definition) is 0. The summed E-state index contributed by atoms with van der Waals surface area (Å²) >= 11 is 1.96. The molecular formula is C8H4F2IN. The second kappa shape index (κ2) is 2.69. The average Bonchev–Trinajstić information content (AvgIpc) is 2.42. The first-order chi connectivity index (χ1) is 5.70. The minimum atomic E-state index is -0.422. The summed E-state index contributed by atoms with van der Waals surface area (Å²) < 4.78 is 26.7. The zero-order valence-corrected chi connectivity index (χ0v) is 8.02. The predicted molar refractivity (Wildman–Crippen MR) is 50.9 cm³/mol. The molecule has 1 aromatic carbocycles. The van der Waals surface area contributed by atoms with Crippen LogP contribution in [0.4, 0.5) is 8.78 Å². The lowest BCUT2D eigenvalue weighted by atomic mass is 10.2. The predicted octanol–water partition coefficient (Wildman–Crippen LogP) is 3.05. The van der Waals surface area contributed by atoms with Crippen molar-refractivity contribution in [2.24, 2.45) is 0 Å². The molecule has 0 saturated heterocycles. The molecule has 0 atom stereocenters. The Morgan fingerprint density at radius 1 is 1.17 bits per heavy atom. The summed E-state index contributed by atoms with van der Waals surface area (Å²) in [5, 5.41) is 0.329. The van der Waals surface area contributed by atoms with Crippen LogP contribution in [0.5, 0.6) is 0 Å². The van der Waals surface area contributed by atoms with E-state index >= 15 is 0 Å². The summed E-state index contributed by atoms with van der Waals surface area (Å²) in [6.45, 7) is 0. The maximum absolute atomic E-state index is 13.1. The van der Waals surface area contributed by atoms with Gasteiger partial charge in [0.2, 0.25) is 0 Å². The molecule has 1 nitrogen and oxygen atoms in total. The van der Waals surface area contributed by atoms with Gasteiger partial charge in [-0.3, -0.25) is 0 Å². The minimum Gasteiger partial charge on any atom is -0.358 e. The molecule has 2 rings (SSSR count). The van der Waals surface area contributed by atoms with E-state index in [9.17, 15) is 8.78 Å². The number of hydrogen-bond donors (Lipinski definition) is 1. The van der Waals surface area contributed by atoms with Gasteiger partial charge in [0.05, 0.1) is 10.9 Å². The zero-order chi connectivity index (χ0) is 8.72. The van der Waals surface area contributed by atoms with Gasteiger partial charge < -0.3 is 4.98 Å². The standard InChI is InChI=1S/C8H4F2IN/c9-4-1-2-5(10)8-7(4)6(11)3-12-8/h1-3,12H. The number of halogens is 3. The number of H-pyrrole nitrogens is 1. The molecule has 1 N–H and O–H groups in total. The van der Waals surface area contributed by atoms with Gasteiger partial charge in [-0.1, -0.05) is 0 Å². The van der Waals surface area contributed by atoms with Gasteiger partial charge in [-0.2, -0.15) is 0 Å². The third kappa shape index (κ3) is 1.01. The van der Waals surface area contributed by atoms with Crippen LogP contribution in [0, 0.1) is 15.2 Å². The summed E-state index contributed by atoms with van der Waals surface area (Å²) in [7, 11) is 0. The fourth-order valence-corrected chi connectivity index (χ4v) is 1.82. The van der Waals surface area contributed by atoms with Gasteiger partial charge in [0.25, 0.3) is 0 Å². The Bertz CT molecular complexity index is 436. The molecule has 0 fully saturated rings. The molecule has 1 aromatic heterocycles. The Morgan fingerprint density at radius 2 is 1.83 bits per heavy atom. The monoisotopic (exact) mass is 279 g/mol. The van der Waals surface area contributed by atoms with Crippen molar-refractivity contribution < 1.29 is 8.78 Å². The molecule has 12 heavy (non-hydrogen) atoms. The topological polar surface area (TPSA) is 15.8 Å². The second-order valence-corrected chi connectivity index (χ2v) is 3.58. The lowest BCUT2D eigenvalue weighted by Gasteiger charge is -1.94. The van der Waals surface area contributed by atoms with E-state index in [2.05, 4.69) is 4.98 Å². The Kier molecular flexibility index (Phi) is 1.79. The van der Waals surface area contributed by atoms with Crippen LogP contribution >= 0.6 is 22.6 Å². The van der Waals surface area contributed by atoms with Gasteiger partial charge >= 0.3 is 0 Å². The largest absolute Gasteiger partial charge is 0.358 e. The minimum absolute atomic E-state index is 0.236. The first kappa shape index (κ1) is 7.97. The molecule has 0 aliphatic carbocycles. The second-order valence-electron chi connectivity index (χ2n) is 2.42. The Hall–Kier alpha value is -0.650. The number of aromatic nitrogens is 1. The molecule has 0 aliphatic rings. The molecule has 4 heteroatoms. The fourth-order valence-electron chi connectivity index (χ4n) is 1.13. The van der Waals surface area contributed by atoms with Crippen molar-refractivity contribution in [3.63, 3.8) is 0 Å². The Balaban J connectivity index is 2.98. The van der Waals surface area contributed by atoms with E-state index in [0.29, 0.717) is 8.96 Å². The van der Waals surface area contributed by atoms with Gasteiger partial charge in [0.1, 0.15) is 11.6 Å².